The first-order valence-corrected chi connectivity index (χ1v) is 12.2. The van der Waals surface area contributed by atoms with Crippen LogP contribution < -0.4 is 5.32 Å². The summed E-state index contributed by atoms with van der Waals surface area (Å²) in [5, 5.41) is 24.1. The molecule has 2 rings (SSSR count). The van der Waals surface area contributed by atoms with Gasteiger partial charge in [-0.3, -0.25) is 10.1 Å². The topological polar surface area (TPSA) is 111 Å². The second-order valence-corrected chi connectivity index (χ2v) is 10.3. The van der Waals surface area contributed by atoms with Crippen molar-refractivity contribution in [2.75, 3.05) is 13.2 Å². The Balaban J connectivity index is 2.16. The van der Waals surface area contributed by atoms with Crippen LogP contribution in [0.15, 0.2) is 64.6 Å². The number of aliphatic hydroxyl groups is 1. The molecule has 0 aromatic heterocycles. The molecule has 0 radical (unpaired) electrons. The minimum absolute atomic E-state index is 0.00374. The van der Waals surface area contributed by atoms with E-state index in [-0.39, 0.29) is 24.7 Å². The number of nitrogens with one attached hydrogen (secondary N) is 1. The number of hydrogen-bond donors (Lipinski definition) is 2. The minimum Gasteiger partial charge on any atom is -0.511 e. The van der Waals surface area contributed by atoms with Gasteiger partial charge in [0.1, 0.15) is 18.4 Å². The maximum atomic E-state index is 12.4. The lowest BCUT2D eigenvalue weighted by Gasteiger charge is -2.24. The maximum Gasteiger partial charge on any atom is 0.407 e. The highest BCUT2D eigenvalue weighted by Crippen LogP contribution is 2.37. The first kappa shape index (κ1) is 28.2. The number of ether oxygens (including phenoxy) is 2. The fraction of sp³-hybridized carbons (Fsp3) is 0.423. The van der Waals surface area contributed by atoms with Gasteiger partial charge < -0.3 is 19.9 Å². The Morgan fingerprint density at radius 3 is 2.43 bits per heavy atom. The van der Waals surface area contributed by atoms with E-state index < -0.39 is 28.6 Å². The molecule has 8 nitrogen and oxygen atoms in total. The average molecular weight is 503 g/mol. The molecule has 2 aromatic rings. The van der Waals surface area contributed by atoms with Crippen molar-refractivity contribution in [3.8, 4) is 0 Å². The van der Waals surface area contributed by atoms with E-state index in [2.05, 4.69) is 11.9 Å². The largest absolute Gasteiger partial charge is 0.511 e. The van der Waals surface area contributed by atoms with E-state index in [9.17, 15) is 20.0 Å². The number of rotatable bonds is 11. The Morgan fingerprint density at radius 2 is 1.89 bits per heavy atom. The number of nitro groups is 1. The zero-order valence-electron chi connectivity index (χ0n) is 20.9. The molecule has 0 fully saturated rings. The Hall–Kier alpha value is -3.04. The number of aliphatic hydroxyl groups excluding tert-OH is 1. The molecule has 2 N–H and O–H groups in total. The lowest BCUT2D eigenvalue weighted by Crippen LogP contribution is -2.42. The summed E-state index contributed by atoms with van der Waals surface area (Å²) in [5.74, 6) is -0.698. The molecule has 9 heteroatoms. The van der Waals surface area contributed by atoms with Crippen molar-refractivity contribution < 1.29 is 24.3 Å². The molecule has 0 bridgehead atoms. The number of nitro benzene ring substituents is 1. The molecule has 2 unspecified atom stereocenters. The monoisotopic (exact) mass is 502 g/mol. The first-order chi connectivity index (χ1) is 16.4. The lowest BCUT2D eigenvalue weighted by molar-refractivity contribution is -0.385. The van der Waals surface area contributed by atoms with Gasteiger partial charge in [0, 0.05) is 27.3 Å². The summed E-state index contributed by atoms with van der Waals surface area (Å²) in [6, 6.07) is 12.4. The summed E-state index contributed by atoms with van der Waals surface area (Å²) in [6.45, 7) is 12.7. The standard InChI is InChI=1S/C26H34N2O6S/c1-7-19-13-23(28(31)32)21(14-24(19)35-20-11-9-8-10-12-20)17(2)15-33-25(30)27-22(18(3)29)16-34-26(4,5)6/h8-14,17,22,29H,3,7,15-16H2,1-2,4-6H3,(H,27,30). The summed E-state index contributed by atoms with van der Waals surface area (Å²) in [6.07, 6.45) is -0.131. The predicted octanol–water partition coefficient (Wildman–Crippen LogP) is 6.39. The van der Waals surface area contributed by atoms with Crippen molar-refractivity contribution in [3.05, 3.63) is 76.0 Å². The van der Waals surface area contributed by atoms with Gasteiger partial charge in [0.2, 0.25) is 0 Å². The number of carbonyl (C=O) groups is 1. The van der Waals surface area contributed by atoms with Gasteiger partial charge in [-0.1, -0.05) is 50.4 Å². The zero-order chi connectivity index (χ0) is 26.2. The van der Waals surface area contributed by atoms with Crippen molar-refractivity contribution in [1.29, 1.82) is 0 Å². The zero-order valence-corrected chi connectivity index (χ0v) is 21.7. The van der Waals surface area contributed by atoms with Gasteiger partial charge in [-0.15, -0.1) is 0 Å². The van der Waals surface area contributed by atoms with Gasteiger partial charge in [-0.05, 0) is 51.0 Å². The van der Waals surface area contributed by atoms with E-state index in [0.29, 0.717) is 12.0 Å². The van der Waals surface area contributed by atoms with E-state index in [1.165, 1.54) is 0 Å². The highest BCUT2D eigenvalue weighted by atomic mass is 32.2. The van der Waals surface area contributed by atoms with Crippen LogP contribution in [-0.2, 0) is 15.9 Å². The summed E-state index contributed by atoms with van der Waals surface area (Å²) < 4.78 is 10.9. The number of carbonyl (C=O) groups excluding carboxylic acids is 1. The molecule has 35 heavy (non-hydrogen) atoms. The molecule has 0 aliphatic heterocycles. The van der Waals surface area contributed by atoms with Crippen LogP contribution in [-0.4, -0.2) is 41.0 Å². The van der Waals surface area contributed by atoms with Gasteiger partial charge in [0.15, 0.2) is 0 Å². The van der Waals surface area contributed by atoms with Crippen molar-refractivity contribution >= 4 is 23.5 Å². The molecule has 0 saturated carbocycles. The van der Waals surface area contributed by atoms with E-state index in [4.69, 9.17) is 9.47 Å². The number of alkyl carbamates (subject to hydrolysis) is 1. The Kier molecular flexibility index (Phi) is 10.2. The van der Waals surface area contributed by atoms with Crippen LogP contribution in [0.2, 0.25) is 0 Å². The Morgan fingerprint density at radius 1 is 1.23 bits per heavy atom. The maximum absolute atomic E-state index is 12.4. The fourth-order valence-electron chi connectivity index (χ4n) is 3.20. The van der Waals surface area contributed by atoms with Crippen LogP contribution in [0, 0.1) is 10.1 Å². The van der Waals surface area contributed by atoms with Crippen LogP contribution in [0.4, 0.5) is 10.5 Å². The molecule has 2 atom stereocenters. The summed E-state index contributed by atoms with van der Waals surface area (Å²) in [4.78, 5) is 25.7. The van der Waals surface area contributed by atoms with Crippen LogP contribution in [0.25, 0.3) is 0 Å². The van der Waals surface area contributed by atoms with E-state index in [1.807, 2.05) is 64.1 Å². The van der Waals surface area contributed by atoms with Crippen LogP contribution >= 0.6 is 11.8 Å². The quantitative estimate of drug-likeness (QED) is 0.208. The second kappa shape index (κ2) is 12.6. The number of hydrogen-bond acceptors (Lipinski definition) is 7. The van der Waals surface area contributed by atoms with Gasteiger partial charge in [-0.25, -0.2) is 4.79 Å². The third kappa shape index (κ3) is 8.92. The normalized spacial score (nSPS) is 13.1. The van der Waals surface area contributed by atoms with Gasteiger partial charge in [-0.2, -0.15) is 0 Å². The first-order valence-electron chi connectivity index (χ1n) is 11.4. The smallest absolute Gasteiger partial charge is 0.407 e. The Labute approximate surface area is 210 Å². The van der Waals surface area contributed by atoms with Gasteiger partial charge in [0.05, 0.1) is 17.1 Å². The molecule has 0 heterocycles. The molecule has 0 saturated heterocycles. The van der Waals surface area contributed by atoms with Gasteiger partial charge in [0.25, 0.3) is 5.69 Å². The number of nitrogens with zero attached hydrogens (tertiary/aromatic N) is 1. The third-order valence-electron chi connectivity index (χ3n) is 5.13. The molecule has 0 aliphatic carbocycles. The summed E-state index contributed by atoms with van der Waals surface area (Å²) in [7, 11) is 0. The van der Waals surface area contributed by atoms with Crippen LogP contribution in [0.5, 0.6) is 0 Å². The summed E-state index contributed by atoms with van der Waals surface area (Å²) in [5.41, 5.74) is 0.893. The average Bonchev–Trinajstić information content (AvgIpc) is 2.79. The van der Waals surface area contributed by atoms with E-state index in [1.54, 1.807) is 24.8 Å². The van der Waals surface area contributed by atoms with Crippen molar-refractivity contribution in [1.82, 2.24) is 5.32 Å². The number of amides is 1. The number of aryl methyl sites for hydroxylation is 1. The van der Waals surface area contributed by atoms with Crippen molar-refractivity contribution in [2.24, 2.45) is 0 Å². The third-order valence-corrected chi connectivity index (χ3v) is 6.24. The van der Waals surface area contributed by atoms with E-state index >= 15 is 0 Å². The molecule has 190 valence electrons. The van der Waals surface area contributed by atoms with Crippen LogP contribution in [0.1, 0.15) is 51.7 Å². The lowest BCUT2D eigenvalue weighted by atomic mass is 9.97. The van der Waals surface area contributed by atoms with E-state index in [0.717, 1.165) is 15.4 Å². The summed E-state index contributed by atoms with van der Waals surface area (Å²) >= 11 is 1.54. The SMILES string of the molecule is C=C(O)C(COC(C)(C)C)NC(=O)OCC(C)c1cc(Sc2ccccc2)c(CC)cc1[N+](=O)[O-]. The molecule has 1 amide bonds. The molecule has 0 spiro atoms. The van der Waals surface area contributed by atoms with Crippen molar-refractivity contribution in [2.45, 2.75) is 68.4 Å². The van der Waals surface area contributed by atoms with Crippen LogP contribution in [0.3, 0.4) is 0 Å². The predicted molar refractivity (Wildman–Crippen MR) is 137 cm³/mol. The second-order valence-electron chi connectivity index (χ2n) is 9.16. The fourth-order valence-corrected chi connectivity index (χ4v) is 4.26. The van der Waals surface area contributed by atoms with Crippen molar-refractivity contribution in [3.63, 3.8) is 0 Å². The molecular weight excluding hydrogens is 468 g/mol. The highest BCUT2D eigenvalue weighted by Gasteiger charge is 2.25. The highest BCUT2D eigenvalue weighted by molar-refractivity contribution is 7.99. The molecular formula is C26H34N2O6S. The Bertz CT molecular complexity index is 1040. The molecule has 2 aromatic carbocycles. The number of benzene rings is 2. The molecule has 0 aliphatic rings. The minimum atomic E-state index is -0.843. The van der Waals surface area contributed by atoms with Gasteiger partial charge >= 0.3 is 6.09 Å².